The third-order valence-corrected chi connectivity index (χ3v) is 4.75. The zero-order valence-electron chi connectivity index (χ0n) is 12.7. The molecule has 22 heavy (non-hydrogen) atoms. The van der Waals surface area contributed by atoms with Crippen molar-refractivity contribution in [1.82, 2.24) is 0 Å². The van der Waals surface area contributed by atoms with E-state index in [2.05, 4.69) is 0 Å². The Kier molecular flexibility index (Phi) is 6.51. The van der Waals surface area contributed by atoms with Crippen LogP contribution >= 0.6 is 23.2 Å². The van der Waals surface area contributed by atoms with Crippen LogP contribution in [0.15, 0.2) is 12.1 Å². The molecular weight excluding hydrogens is 326 g/mol. The highest BCUT2D eigenvalue weighted by Crippen LogP contribution is 2.38. The molecule has 1 aliphatic rings. The van der Waals surface area contributed by atoms with Crippen LogP contribution in [0.25, 0.3) is 0 Å². The highest BCUT2D eigenvalue weighted by molar-refractivity contribution is 6.31. The SMILES string of the molecule is CCOC(=O)C(Cl)Cc1cc(F)c(C2CCCCC2)c(Cl)c1. The van der Waals surface area contributed by atoms with E-state index in [0.29, 0.717) is 16.1 Å². The molecule has 1 aliphatic carbocycles. The predicted octanol–water partition coefficient (Wildman–Crippen LogP) is 5.24. The lowest BCUT2D eigenvalue weighted by Crippen LogP contribution is -2.20. The molecule has 0 amide bonds. The van der Waals surface area contributed by atoms with Gasteiger partial charge in [0.15, 0.2) is 0 Å². The van der Waals surface area contributed by atoms with Crippen molar-refractivity contribution in [3.05, 3.63) is 34.1 Å². The van der Waals surface area contributed by atoms with E-state index in [1.807, 2.05) is 0 Å². The maximum Gasteiger partial charge on any atom is 0.324 e. The summed E-state index contributed by atoms with van der Waals surface area (Å²) in [7, 11) is 0. The molecular formula is C17H21Cl2FO2. The van der Waals surface area contributed by atoms with Gasteiger partial charge in [0.25, 0.3) is 0 Å². The highest BCUT2D eigenvalue weighted by atomic mass is 35.5. The largest absolute Gasteiger partial charge is 0.465 e. The first kappa shape index (κ1) is 17.6. The average molecular weight is 347 g/mol. The van der Waals surface area contributed by atoms with E-state index in [0.717, 1.165) is 25.7 Å². The number of halogens is 3. The predicted molar refractivity (Wildman–Crippen MR) is 87.2 cm³/mol. The van der Waals surface area contributed by atoms with Gasteiger partial charge in [0.05, 0.1) is 6.61 Å². The van der Waals surface area contributed by atoms with Crippen LogP contribution in [0.2, 0.25) is 5.02 Å². The van der Waals surface area contributed by atoms with Crippen molar-refractivity contribution in [1.29, 1.82) is 0 Å². The van der Waals surface area contributed by atoms with E-state index in [-0.39, 0.29) is 24.8 Å². The summed E-state index contributed by atoms with van der Waals surface area (Å²) in [6, 6.07) is 3.17. The minimum atomic E-state index is -0.823. The fourth-order valence-electron chi connectivity index (χ4n) is 3.06. The first-order valence-corrected chi connectivity index (χ1v) is 8.62. The van der Waals surface area contributed by atoms with E-state index >= 15 is 0 Å². The fourth-order valence-corrected chi connectivity index (χ4v) is 3.68. The lowest BCUT2D eigenvalue weighted by molar-refractivity contribution is -0.142. The highest BCUT2D eigenvalue weighted by Gasteiger charge is 2.24. The van der Waals surface area contributed by atoms with E-state index in [1.54, 1.807) is 13.0 Å². The molecule has 0 radical (unpaired) electrons. The standard InChI is InChI=1S/C17H21Cl2FO2/c1-2-22-17(21)14(19)9-11-8-13(18)16(15(20)10-11)12-6-4-3-5-7-12/h8,10,12,14H,2-7,9H2,1H3. The minimum Gasteiger partial charge on any atom is -0.465 e. The van der Waals surface area contributed by atoms with Gasteiger partial charge in [0, 0.05) is 10.6 Å². The molecule has 0 N–H and O–H groups in total. The summed E-state index contributed by atoms with van der Waals surface area (Å²) >= 11 is 12.3. The fraction of sp³-hybridized carbons (Fsp3) is 0.588. The Labute approximate surface area is 140 Å². The molecule has 0 saturated heterocycles. The first-order chi connectivity index (χ1) is 10.5. The molecule has 0 aliphatic heterocycles. The van der Waals surface area contributed by atoms with E-state index in [9.17, 15) is 9.18 Å². The van der Waals surface area contributed by atoms with Gasteiger partial charge in [-0.2, -0.15) is 0 Å². The van der Waals surface area contributed by atoms with Crippen LogP contribution in [0.3, 0.4) is 0 Å². The molecule has 1 saturated carbocycles. The van der Waals surface area contributed by atoms with Crippen LogP contribution < -0.4 is 0 Å². The number of alkyl halides is 1. The third-order valence-electron chi connectivity index (χ3n) is 4.11. The van der Waals surface area contributed by atoms with Crippen molar-refractivity contribution in [3.63, 3.8) is 0 Å². The molecule has 1 unspecified atom stereocenters. The number of rotatable bonds is 5. The minimum absolute atomic E-state index is 0.201. The quantitative estimate of drug-likeness (QED) is 0.538. The summed E-state index contributed by atoms with van der Waals surface area (Å²) in [6.07, 6.45) is 5.63. The Bertz CT molecular complexity index is 504. The molecule has 0 spiro atoms. The molecule has 122 valence electrons. The number of carbonyl (C=O) groups is 1. The van der Waals surface area contributed by atoms with Gasteiger partial charge in [0.2, 0.25) is 0 Å². The molecule has 2 nitrogen and oxygen atoms in total. The van der Waals surface area contributed by atoms with Crippen molar-refractivity contribution in [2.75, 3.05) is 6.61 Å². The second-order valence-corrected chi connectivity index (χ2v) is 6.67. The van der Waals surface area contributed by atoms with E-state index < -0.39 is 11.3 Å². The van der Waals surface area contributed by atoms with Crippen molar-refractivity contribution < 1.29 is 13.9 Å². The van der Waals surface area contributed by atoms with Crippen LogP contribution in [0.4, 0.5) is 4.39 Å². The molecule has 0 bridgehead atoms. The number of carbonyl (C=O) groups excluding carboxylic acids is 1. The summed E-state index contributed by atoms with van der Waals surface area (Å²) in [4.78, 5) is 11.6. The Hall–Kier alpha value is -0.800. The number of benzene rings is 1. The second-order valence-electron chi connectivity index (χ2n) is 5.73. The Balaban J connectivity index is 2.13. The monoisotopic (exact) mass is 346 g/mol. The molecule has 1 fully saturated rings. The molecule has 1 aromatic carbocycles. The van der Waals surface area contributed by atoms with Gasteiger partial charge in [-0.15, -0.1) is 11.6 Å². The van der Waals surface area contributed by atoms with Gasteiger partial charge >= 0.3 is 5.97 Å². The Morgan fingerprint density at radius 2 is 2.05 bits per heavy atom. The van der Waals surface area contributed by atoms with Crippen LogP contribution in [0.1, 0.15) is 56.1 Å². The summed E-state index contributed by atoms with van der Waals surface area (Å²) < 4.78 is 19.3. The van der Waals surface area contributed by atoms with Gasteiger partial charge in [-0.1, -0.05) is 30.9 Å². The van der Waals surface area contributed by atoms with Gasteiger partial charge in [0.1, 0.15) is 11.2 Å². The van der Waals surface area contributed by atoms with E-state index in [1.165, 1.54) is 12.5 Å². The Morgan fingerprint density at radius 1 is 1.36 bits per heavy atom. The summed E-state index contributed by atoms with van der Waals surface area (Å²) in [6.45, 7) is 1.99. The molecule has 2 rings (SSSR count). The van der Waals surface area contributed by atoms with Crippen molar-refractivity contribution in [2.24, 2.45) is 0 Å². The number of ether oxygens (including phenoxy) is 1. The topological polar surface area (TPSA) is 26.3 Å². The van der Waals surface area contributed by atoms with Crippen molar-refractivity contribution in [2.45, 2.75) is 56.7 Å². The average Bonchev–Trinajstić information content (AvgIpc) is 2.47. The smallest absolute Gasteiger partial charge is 0.324 e. The number of hydrogen-bond donors (Lipinski definition) is 0. The van der Waals surface area contributed by atoms with Crippen LogP contribution in [0.5, 0.6) is 0 Å². The number of esters is 1. The molecule has 5 heteroatoms. The lowest BCUT2D eigenvalue weighted by atomic mass is 9.83. The van der Waals surface area contributed by atoms with Crippen molar-refractivity contribution in [3.8, 4) is 0 Å². The van der Waals surface area contributed by atoms with Gasteiger partial charge in [-0.3, -0.25) is 4.79 Å². The zero-order valence-corrected chi connectivity index (χ0v) is 14.2. The molecule has 1 aromatic rings. The van der Waals surface area contributed by atoms with Gasteiger partial charge in [-0.05, 0) is 49.8 Å². The lowest BCUT2D eigenvalue weighted by Gasteiger charge is -2.24. The summed E-state index contributed by atoms with van der Waals surface area (Å²) in [5.41, 5.74) is 1.24. The summed E-state index contributed by atoms with van der Waals surface area (Å²) in [5, 5.41) is -0.384. The zero-order chi connectivity index (χ0) is 16.1. The molecule has 0 heterocycles. The van der Waals surface area contributed by atoms with Crippen LogP contribution in [-0.4, -0.2) is 18.0 Å². The number of hydrogen-bond acceptors (Lipinski definition) is 2. The van der Waals surface area contributed by atoms with E-state index in [4.69, 9.17) is 27.9 Å². The molecule has 1 atom stereocenters. The van der Waals surface area contributed by atoms with Gasteiger partial charge < -0.3 is 4.74 Å². The maximum absolute atomic E-state index is 14.5. The maximum atomic E-state index is 14.5. The van der Waals surface area contributed by atoms with Crippen molar-refractivity contribution >= 4 is 29.2 Å². The Morgan fingerprint density at radius 3 is 2.64 bits per heavy atom. The summed E-state index contributed by atoms with van der Waals surface area (Å²) in [5.74, 6) is -0.577. The van der Waals surface area contributed by atoms with Crippen LogP contribution in [0, 0.1) is 5.82 Å². The molecule has 0 aromatic heterocycles. The normalized spacial score (nSPS) is 17.3. The van der Waals surface area contributed by atoms with Crippen LogP contribution in [-0.2, 0) is 16.0 Å². The third kappa shape index (κ3) is 4.36. The second kappa shape index (κ2) is 8.16. The first-order valence-electron chi connectivity index (χ1n) is 7.81. The van der Waals surface area contributed by atoms with Gasteiger partial charge in [-0.25, -0.2) is 4.39 Å².